The zero-order valence-electron chi connectivity index (χ0n) is 5.79. The Hall–Kier alpha value is -0.0105. The van der Waals surface area contributed by atoms with Crippen LogP contribution < -0.4 is 0 Å². The Labute approximate surface area is 64.1 Å². The van der Waals surface area contributed by atoms with Crippen molar-refractivity contribution in [2.24, 2.45) is 4.99 Å². The Balaban J connectivity index is 2.53. The first-order valence-electron chi connectivity index (χ1n) is 3.20. The molecule has 0 aromatic rings. The van der Waals surface area contributed by atoms with Gasteiger partial charge in [-0.05, 0) is 0 Å². The van der Waals surface area contributed by atoms with Gasteiger partial charge in [-0.3, -0.25) is 0 Å². The third kappa shape index (κ3) is 1.46. The molecule has 0 amide bonds. The molecule has 1 heterocycles. The van der Waals surface area contributed by atoms with E-state index in [9.17, 15) is 0 Å². The van der Waals surface area contributed by atoms with E-state index in [1.165, 1.54) is 0 Å². The average Bonchev–Trinajstić information content (AvgIpc) is 2.13. The average molecular weight is 190 g/mol. The third-order valence-corrected chi connectivity index (χ3v) is 2.22. The molecule has 0 saturated heterocycles. The fourth-order valence-electron chi connectivity index (χ4n) is 0.919. The van der Waals surface area contributed by atoms with Gasteiger partial charge in [0, 0.05) is 0 Å². The van der Waals surface area contributed by atoms with Gasteiger partial charge < -0.3 is 0 Å². The van der Waals surface area contributed by atoms with Crippen molar-refractivity contribution in [1.82, 2.24) is 4.90 Å². The second-order valence-corrected chi connectivity index (χ2v) is 3.22. The predicted octanol–water partition coefficient (Wildman–Crippen LogP) is 0.235. The summed E-state index contributed by atoms with van der Waals surface area (Å²) in [5.41, 5.74) is 0. The van der Waals surface area contributed by atoms with Gasteiger partial charge in [0.1, 0.15) is 0 Å². The molecule has 3 heteroatoms. The van der Waals surface area contributed by atoms with Crippen molar-refractivity contribution in [1.29, 1.82) is 0 Å². The molecular formula is C6H11N2Se. The van der Waals surface area contributed by atoms with Crippen LogP contribution in [0.1, 0.15) is 13.8 Å². The first kappa shape index (κ1) is 7.10. The van der Waals surface area contributed by atoms with Crippen LogP contribution in [0.2, 0.25) is 0 Å². The van der Waals surface area contributed by atoms with Crippen LogP contribution in [-0.2, 0) is 0 Å². The molecule has 0 aromatic carbocycles. The molecule has 0 atom stereocenters. The third-order valence-electron chi connectivity index (χ3n) is 1.46. The summed E-state index contributed by atoms with van der Waals surface area (Å²) in [5, 5.41) is 0. The van der Waals surface area contributed by atoms with Gasteiger partial charge in [0.05, 0.1) is 0 Å². The van der Waals surface area contributed by atoms with Crippen molar-refractivity contribution in [3.05, 3.63) is 0 Å². The van der Waals surface area contributed by atoms with Gasteiger partial charge in [-0.2, -0.15) is 0 Å². The summed E-state index contributed by atoms with van der Waals surface area (Å²) in [6.45, 7) is 6.40. The van der Waals surface area contributed by atoms with Crippen LogP contribution in [0.5, 0.6) is 0 Å². The molecule has 2 nitrogen and oxygen atoms in total. The molecule has 1 aliphatic heterocycles. The van der Waals surface area contributed by atoms with Crippen LogP contribution in [0, 0.1) is 0 Å². The van der Waals surface area contributed by atoms with E-state index in [2.05, 4.69) is 39.8 Å². The van der Waals surface area contributed by atoms with Crippen molar-refractivity contribution in [2.75, 3.05) is 13.1 Å². The number of amidine groups is 1. The Kier molecular flexibility index (Phi) is 2.14. The van der Waals surface area contributed by atoms with Crippen LogP contribution in [-0.4, -0.2) is 44.8 Å². The maximum absolute atomic E-state index is 4.23. The quantitative estimate of drug-likeness (QED) is 0.540. The SMILES string of the molecule is CC(C)N1CCN=C1[Se]. The van der Waals surface area contributed by atoms with E-state index in [0.717, 1.165) is 17.8 Å². The van der Waals surface area contributed by atoms with Crippen molar-refractivity contribution in [3.63, 3.8) is 0 Å². The van der Waals surface area contributed by atoms with Crippen molar-refractivity contribution in [3.8, 4) is 0 Å². The van der Waals surface area contributed by atoms with Crippen LogP contribution in [0.3, 0.4) is 0 Å². The van der Waals surface area contributed by atoms with Gasteiger partial charge in [0.2, 0.25) is 0 Å². The molecule has 1 rings (SSSR count). The number of rotatable bonds is 1. The number of aliphatic imine (C=N–C) groups is 1. The summed E-state index contributed by atoms with van der Waals surface area (Å²) < 4.78 is 1.07. The molecular weight excluding hydrogens is 179 g/mol. The molecule has 0 aliphatic carbocycles. The number of hydrogen-bond donors (Lipinski definition) is 0. The molecule has 9 heavy (non-hydrogen) atoms. The van der Waals surface area contributed by atoms with Crippen molar-refractivity contribution >= 4 is 20.7 Å². The first-order valence-corrected chi connectivity index (χ1v) is 4.05. The molecule has 0 spiro atoms. The maximum atomic E-state index is 4.23. The molecule has 0 saturated carbocycles. The molecule has 0 fully saturated rings. The van der Waals surface area contributed by atoms with E-state index in [1.54, 1.807) is 0 Å². The summed E-state index contributed by atoms with van der Waals surface area (Å²) in [6, 6.07) is 0.590. The summed E-state index contributed by atoms with van der Waals surface area (Å²) >= 11 is 2.95. The summed E-state index contributed by atoms with van der Waals surface area (Å²) in [7, 11) is 0. The Morgan fingerprint density at radius 2 is 2.33 bits per heavy atom. The second kappa shape index (κ2) is 2.72. The minimum atomic E-state index is 0.590. The van der Waals surface area contributed by atoms with Crippen molar-refractivity contribution < 1.29 is 0 Å². The van der Waals surface area contributed by atoms with Gasteiger partial charge >= 0.3 is 63.6 Å². The Morgan fingerprint density at radius 3 is 2.56 bits per heavy atom. The summed E-state index contributed by atoms with van der Waals surface area (Å²) in [4.78, 5) is 6.49. The number of hydrogen-bond acceptors (Lipinski definition) is 2. The topological polar surface area (TPSA) is 15.6 Å². The second-order valence-electron chi connectivity index (χ2n) is 2.45. The van der Waals surface area contributed by atoms with E-state index in [-0.39, 0.29) is 0 Å². The zero-order valence-corrected chi connectivity index (χ0v) is 7.51. The first-order chi connectivity index (χ1) is 4.22. The molecule has 0 N–H and O–H groups in total. The molecule has 0 unspecified atom stereocenters. The summed E-state index contributed by atoms with van der Waals surface area (Å²) in [5.74, 6) is 0. The van der Waals surface area contributed by atoms with Crippen LogP contribution >= 0.6 is 0 Å². The fourth-order valence-corrected chi connectivity index (χ4v) is 1.74. The molecule has 1 aliphatic rings. The van der Waals surface area contributed by atoms with Gasteiger partial charge in [-0.1, -0.05) is 0 Å². The van der Waals surface area contributed by atoms with E-state index >= 15 is 0 Å². The van der Waals surface area contributed by atoms with Gasteiger partial charge in [-0.15, -0.1) is 0 Å². The molecule has 51 valence electrons. The molecule has 1 radical (unpaired) electrons. The minimum absolute atomic E-state index is 0.590. The Morgan fingerprint density at radius 1 is 1.67 bits per heavy atom. The standard InChI is InChI=1S/C6H11N2Se/c1-5(2)8-4-3-7-6(8)9/h5H,3-4H2,1-2H3. The van der Waals surface area contributed by atoms with E-state index in [4.69, 9.17) is 0 Å². The normalized spacial score (nSPS) is 19.0. The van der Waals surface area contributed by atoms with Gasteiger partial charge in [0.15, 0.2) is 0 Å². The van der Waals surface area contributed by atoms with Crippen LogP contribution in [0.4, 0.5) is 0 Å². The van der Waals surface area contributed by atoms with E-state index in [1.807, 2.05) is 0 Å². The van der Waals surface area contributed by atoms with Crippen LogP contribution in [0.15, 0.2) is 4.99 Å². The van der Waals surface area contributed by atoms with Gasteiger partial charge in [0.25, 0.3) is 0 Å². The zero-order chi connectivity index (χ0) is 6.85. The van der Waals surface area contributed by atoms with E-state index in [0.29, 0.717) is 6.04 Å². The predicted molar refractivity (Wildman–Crippen MR) is 39.9 cm³/mol. The Bertz CT molecular complexity index is 131. The van der Waals surface area contributed by atoms with Gasteiger partial charge in [-0.25, -0.2) is 0 Å². The molecule has 0 aromatic heterocycles. The van der Waals surface area contributed by atoms with E-state index < -0.39 is 0 Å². The van der Waals surface area contributed by atoms with Crippen molar-refractivity contribution in [2.45, 2.75) is 19.9 Å². The molecule has 0 bridgehead atoms. The summed E-state index contributed by atoms with van der Waals surface area (Å²) in [6.07, 6.45) is 0. The number of nitrogens with zero attached hydrogens (tertiary/aromatic N) is 2. The fraction of sp³-hybridized carbons (Fsp3) is 0.833. The van der Waals surface area contributed by atoms with Crippen LogP contribution in [0.25, 0.3) is 0 Å². The monoisotopic (exact) mass is 191 g/mol.